The molecule has 5 rings (SSSR count). The van der Waals surface area contributed by atoms with Crippen LogP contribution in [0.15, 0.2) is 30.6 Å². The summed E-state index contributed by atoms with van der Waals surface area (Å²) < 4.78 is 29.5. The summed E-state index contributed by atoms with van der Waals surface area (Å²) in [6.45, 7) is 1.26. The summed E-state index contributed by atoms with van der Waals surface area (Å²) in [5, 5.41) is 13.8. The number of aromatic nitrogens is 4. The summed E-state index contributed by atoms with van der Waals surface area (Å²) >= 11 is 6.31. The van der Waals surface area contributed by atoms with Crippen molar-refractivity contribution in [3.8, 4) is 11.1 Å². The summed E-state index contributed by atoms with van der Waals surface area (Å²) in [4.78, 5) is 23.8. The summed E-state index contributed by atoms with van der Waals surface area (Å²) in [5.74, 6) is -2.03. The zero-order chi connectivity index (χ0) is 21.2. The van der Waals surface area contributed by atoms with Crippen molar-refractivity contribution in [1.82, 2.24) is 19.8 Å². The number of aromatic amines is 1. The zero-order valence-electron chi connectivity index (χ0n) is 15.5. The molecule has 1 aliphatic carbocycles. The second-order valence-electron chi connectivity index (χ2n) is 7.25. The van der Waals surface area contributed by atoms with Gasteiger partial charge in [-0.2, -0.15) is 10.2 Å². The van der Waals surface area contributed by atoms with Gasteiger partial charge in [0.2, 0.25) is 5.91 Å². The molecule has 3 heterocycles. The molecule has 0 spiro atoms. The molecule has 2 atom stereocenters. The van der Waals surface area contributed by atoms with Gasteiger partial charge in [0.05, 0.1) is 33.7 Å². The highest BCUT2D eigenvalue weighted by molar-refractivity contribution is 6.36. The van der Waals surface area contributed by atoms with Crippen molar-refractivity contribution in [2.45, 2.75) is 19.5 Å². The third-order valence-corrected chi connectivity index (χ3v) is 5.55. The number of ketones is 1. The molecule has 30 heavy (non-hydrogen) atoms. The van der Waals surface area contributed by atoms with E-state index in [-0.39, 0.29) is 28.3 Å². The SMILES string of the molecule is CC(=O)c1c(F)c(Cl)c(-c2ccn3nc(NC(=O)[C@@H]4C[C@@H]4F)cc3c2)c2cn[nH]c12. The van der Waals surface area contributed by atoms with E-state index in [1.54, 1.807) is 24.4 Å². The molecule has 0 bridgehead atoms. The Balaban J connectivity index is 1.60. The first-order chi connectivity index (χ1) is 14.3. The summed E-state index contributed by atoms with van der Waals surface area (Å²) in [7, 11) is 0. The minimum absolute atomic E-state index is 0.141. The van der Waals surface area contributed by atoms with E-state index < -0.39 is 29.6 Å². The number of rotatable bonds is 4. The first kappa shape index (κ1) is 18.7. The number of nitrogens with zero attached hydrogens (tertiary/aromatic N) is 3. The minimum Gasteiger partial charge on any atom is -0.309 e. The van der Waals surface area contributed by atoms with Gasteiger partial charge in [0, 0.05) is 23.2 Å². The lowest BCUT2D eigenvalue weighted by atomic mass is 9.97. The number of benzene rings is 1. The predicted molar refractivity (Wildman–Crippen MR) is 107 cm³/mol. The monoisotopic (exact) mass is 429 g/mol. The molecule has 2 N–H and O–H groups in total. The lowest BCUT2D eigenvalue weighted by Crippen LogP contribution is -2.15. The molecule has 1 aliphatic rings. The first-order valence-electron chi connectivity index (χ1n) is 9.15. The fourth-order valence-electron chi connectivity index (χ4n) is 3.59. The van der Waals surface area contributed by atoms with E-state index in [1.807, 2.05) is 0 Å². The molecule has 0 radical (unpaired) electrons. The molecule has 0 saturated heterocycles. The highest BCUT2D eigenvalue weighted by atomic mass is 35.5. The number of H-pyrrole nitrogens is 1. The maximum atomic E-state index is 14.9. The van der Waals surface area contributed by atoms with Crippen molar-refractivity contribution in [2.24, 2.45) is 5.92 Å². The van der Waals surface area contributed by atoms with Gasteiger partial charge in [-0.05, 0) is 31.0 Å². The van der Waals surface area contributed by atoms with E-state index in [4.69, 9.17) is 11.6 Å². The van der Waals surface area contributed by atoms with Gasteiger partial charge < -0.3 is 5.32 Å². The normalized spacial score (nSPS) is 18.1. The highest BCUT2D eigenvalue weighted by Gasteiger charge is 2.43. The van der Waals surface area contributed by atoms with Crippen molar-refractivity contribution in [3.63, 3.8) is 0 Å². The summed E-state index contributed by atoms with van der Waals surface area (Å²) in [6, 6.07) is 5.03. The van der Waals surface area contributed by atoms with Crippen LogP contribution in [0, 0.1) is 11.7 Å². The van der Waals surface area contributed by atoms with Crippen molar-refractivity contribution in [1.29, 1.82) is 0 Å². The van der Waals surface area contributed by atoms with E-state index in [0.717, 1.165) is 0 Å². The van der Waals surface area contributed by atoms with Gasteiger partial charge in [-0.3, -0.25) is 14.7 Å². The number of fused-ring (bicyclic) bond motifs is 2. The second-order valence-corrected chi connectivity index (χ2v) is 7.63. The molecule has 4 aromatic rings. The van der Waals surface area contributed by atoms with Gasteiger partial charge in [-0.15, -0.1) is 0 Å². The number of nitrogens with one attached hydrogen (secondary N) is 2. The average molecular weight is 430 g/mol. The molecule has 3 aromatic heterocycles. The van der Waals surface area contributed by atoms with Crippen LogP contribution in [0.4, 0.5) is 14.6 Å². The third kappa shape index (κ3) is 2.85. The van der Waals surface area contributed by atoms with E-state index in [1.165, 1.54) is 17.6 Å². The van der Waals surface area contributed by atoms with Crippen LogP contribution in [0.3, 0.4) is 0 Å². The number of Topliss-reactive ketones (excluding diaryl/α,β-unsaturated/α-hetero) is 1. The van der Waals surface area contributed by atoms with Crippen molar-refractivity contribution < 1.29 is 18.4 Å². The lowest BCUT2D eigenvalue weighted by molar-refractivity contribution is -0.117. The molecule has 1 amide bonds. The van der Waals surface area contributed by atoms with Crippen LogP contribution in [0.1, 0.15) is 23.7 Å². The van der Waals surface area contributed by atoms with Crippen molar-refractivity contribution >= 4 is 45.5 Å². The molecule has 1 fully saturated rings. The molecular weight excluding hydrogens is 416 g/mol. The Morgan fingerprint density at radius 3 is 2.83 bits per heavy atom. The lowest BCUT2D eigenvalue weighted by Gasteiger charge is -2.11. The molecule has 0 unspecified atom stereocenters. The molecule has 1 saturated carbocycles. The molecule has 152 valence electrons. The topological polar surface area (TPSA) is 92.2 Å². The first-order valence-corrected chi connectivity index (χ1v) is 9.52. The van der Waals surface area contributed by atoms with Crippen LogP contribution in [-0.2, 0) is 4.79 Å². The van der Waals surface area contributed by atoms with E-state index in [9.17, 15) is 18.4 Å². The van der Waals surface area contributed by atoms with E-state index in [0.29, 0.717) is 22.0 Å². The molecular formula is C20H14ClF2N5O2. The van der Waals surface area contributed by atoms with E-state index in [2.05, 4.69) is 20.6 Å². The van der Waals surface area contributed by atoms with Crippen LogP contribution in [0.2, 0.25) is 5.02 Å². The number of carbonyl (C=O) groups excluding carboxylic acids is 2. The van der Waals surface area contributed by atoms with Gasteiger partial charge in [-0.1, -0.05) is 11.6 Å². The number of hydrogen-bond acceptors (Lipinski definition) is 4. The number of amides is 1. The second kappa shape index (κ2) is 6.60. The van der Waals surface area contributed by atoms with Crippen LogP contribution in [0.25, 0.3) is 27.5 Å². The van der Waals surface area contributed by atoms with Crippen LogP contribution in [0.5, 0.6) is 0 Å². The van der Waals surface area contributed by atoms with Gasteiger partial charge in [-0.25, -0.2) is 13.3 Å². The number of pyridine rings is 1. The maximum Gasteiger partial charge on any atom is 0.231 e. The molecule has 0 aliphatic heterocycles. The fourth-order valence-corrected chi connectivity index (χ4v) is 3.90. The quantitative estimate of drug-likeness (QED) is 0.476. The number of anilines is 1. The summed E-state index contributed by atoms with van der Waals surface area (Å²) in [5.41, 5.74) is 1.70. The van der Waals surface area contributed by atoms with Gasteiger partial charge in [0.25, 0.3) is 0 Å². The number of hydrogen-bond donors (Lipinski definition) is 2. The van der Waals surface area contributed by atoms with E-state index >= 15 is 0 Å². The Hall–Kier alpha value is -3.33. The van der Waals surface area contributed by atoms with Crippen molar-refractivity contribution in [2.75, 3.05) is 5.32 Å². The third-order valence-electron chi connectivity index (χ3n) is 5.20. The van der Waals surface area contributed by atoms with Gasteiger partial charge in [0.15, 0.2) is 17.4 Å². The Labute approximate surface area is 173 Å². The Morgan fingerprint density at radius 2 is 2.13 bits per heavy atom. The highest BCUT2D eigenvalue weighted by Crippen LogP contribution is 2.39. The van der Waals surface area contributed by atoms with Crippen molar-refractivity contribution in [3.05, 3.63) is 47.0 Å². The molecule has 1 aromatic carbocycles. The average Bonchev–Trinajstić information content (AvgIpc) is 3.08. The molecule has 10 heteroatoms. The Kier molecular flexibility index (Phi) is 4.11. The Bertz CT molecular complexity index is 1360. The number of carbonyl (C=O) groups is 2. The zero-order valence-corrected chi connectivity index (χ0v) is 16.3. The predicted octanol–water partition coefficient (Wildman–Crippen LogP) is 4.17. The Morgan fingerprint density at radius 1 is 1.37 bits per heavy atom. The van der Waals surface area contributed by atoms with Crippen LogP contribution < -0.4 is 5.32 Å². The smallest absolute Gasteiger partial charge is 0.231 e. The summed E-state index contributed by atoms with van der Waals surface area (Å²) in [6.07, 6.45) is 2.25. The van der Waals surface area contributed by atoms with Gasteiger partial charge in [0.1, 0.15) is 6.17 Å². The number of alkyl halides is 1. The fraction of sp³-hybridized carbons (Fsp3) is 0.200. The largest absolute Gasteiger partial charge is 0.309 e. The number of halogens is 3. The van der Waals surface area contributed by atoms with Crippen LogP contribution >= 0.6 is 11.6 Å². The van der Waals surface area contributed by atoms with Crippen LogP contribution in [-0.4, -0.2) is 37.7 Å². The maximum absolute atomic E-state index is 14.9. The molecule has 7 nitrogen and oxygen atoms in total. The van der Waals surface area contributed by atoms with Gasteiger partial charge >= 0.3 is 0 Å². The minimum atomic E-state index is -1.10. The standard InChI is InChI=1S/C20H14ClF2N5O2/c1-8(29)15-18(23)17(21)16(12-7-24-26-19(12)15)9-2-3-28-10(4-9)5-14(27-28)25-20(30)11-6-13(11)22/h2-5,7,11,13H,6H2,1H3,(H,24,26)(H,25,27,30)/t11-,13+/m1/s1.